The summed E-state index contributed by atoms with van der Waals surface area (Å²) in [7, 11) is 1.58. The zero-order chi connectivity index (χ0) is 12.3. The average molecular weight is 251 g/mol. The summed E-state index contributed by atoms with van der Waals surface area (Å²) in [6, 6.07) is 7.33. The van der Waals surface area contributed by atoms with Crippen molar-refractivity contribution >= 4 is 22.9 Å². The van der Waals surface area contributed by atoms with Crippen molar-refractivity contribution in [2.75, 3.05) is 19.4 Å². The van der Waals surface area contributed by atoms with E-state index in [0.29, 0.717) is 12.3 Å². The molecule has 4 nitrogen and oxygen atoms in total. The van der Waals surface area contributed by atoms with Crippen molar-refractivity contribution in [2.24, 2.45) is 0 Å². The third-order valence-electron chi connectivity index (χ3n) is 2.55. The second-order valence-corrected chi connectivity index (χ2v) is 4.73. The number of carbonyl (C=O) groups excluding carboxylic acids is 2. The Morgan fingerprint density at radius 2 is 2.35 bits per heavy atom. The van der Waals surface area contributed by atoms with Crippen LogP contribution in [0, 0.1) is 0 Å². The van der Waals surface area contributed by atoms with Gasteiger partial charge in [0.25, 0.3) is 5.24 Å². The van der Waals surface area contributed by atoms with Crippen LogP contribution in [0.15, 0.2) is 24.3 Å². The van der Waals surface area contributed by atoms with Crippen LogP contribution in [0.1, 0.15) is 5.56 Å². The van der Waals surface area contributed by atoms with Crippen LogP contribution in [-0.2, 0) is 11.2 Å². The summed E-state index contributed by atoms with van der Waals surface area (Å²) in [6.07, 6.45) is 0.240. The monoisotopic (exact) mass is 251 g/mol. The standard InChI is InChI=1S/C12H13NO3S/c1-16-10-4-2-3-9(7-10)8-11(14)13-5-6-17-12(13)15/h2-4,7H,5-6,8H2,1H3. The van der Waals surface area contributed by atoms with Crippen LogP contribution in [-0.4, -0.2) is 35.5 Å². The van der Waals surface area contributed by atoms with Crippen molar-refractivity contribution in [2.45, 2.75) is 6.42 Å². The molecule has 0 unspecified atom stereocenters. The number of hydrogen-bond acceptors (Lipinski definition) is 4. The number of nitrogens with zero attached hydrogens (tertiary/aromatic N) is 1. The third-order valence-corrected chi connectivity index (χ3v) is 3.41. The summed E-state index contributed by atoms with van der Waals surface area (Å²) in [6.45, 7) is 0.520. The molecule has 0 spiro atoms. The summed E-state index contributed by atoms with van der Waals surface area (Å²) >= 11 is 1.19. The molecule has 1 aromatic carbocycles. The zero-order valence-electron chi connectivity index (χ0n) is 9.51. The lowest BCUT2D eigenvalue weighted by Crippen LogP contribution is -2.32. The maximum absolute atomic E-state index is 11.9. The second-order valence-electron chi connectivity index (χ2n) is 3.69. The van der Waals surface area contributed by atoms with Gasteiger partial charge in [-0.25, -0.2) is 0 Å². The molecule has 0 aliphatic carbocycles. The number of amides is 2. The molecule has 0 aromatic heterocycles. The summed E-state index contributed by atoms with van der Waals surface area (Å²) in [5.74, 6) is 1.27. The van der Waals surface area contributed by atoms with Gasteiger partial charge in [-0.3, -0.25) is 14.5 Å². The van der Waals surface area contributed by atoms with Crippen LogP contribution in [0.2, 0.25) is 0 Å². The lowest BCUT2D eigenvalue weighted by molar-refractivity contribution is -0.126. The van der Waals surface area contributed by atoms with E-state index in [1.807, 2.05) is 24.3 Å². The van der Waals surface area contributed by atoms with Crippen molar-refractivity contribution in [1.29, 1.82) is 0 Å². The number of imide groups is 1. The highest BCUT2D eigenvalue weighted by atomic mass is 32.2. The first-order chi connectivity index (χ1) is 8.20. The van der Waals surface area contributed by atoms with Gasteiger partial charge in [-0.05, 0) is 17.7 Å². The van der Waals surface area contributed by atoms with E-state index in [1.165, 1.54) is 16.7 Å². The first kappa shape index (κ1) is 12.0. The van der Waals surface area contributed by atoms with Crippen LogP contribution in [0.3, 0.4) is 0 Å². The Morgan fingerprint density at radius 1 is 1.53 bits per heavy atom. The molecule has 0 radical (unpaired) electrons. The van der Waals surface area contributed by atoms with Gasteiger partial charge in [0.2, 0.25) is 5.91 Å². The number of carbonyl (C=O) groups is 2. The number of methoxy groups -OCH3 is 1. The molecule has 17 heavy (non-hydrogen) atoms. The van der Waals surface area contributed by atoms with Gasteiger partial charge in [-0.15, -0.1) is 0 Å². The highest BCUT2D eigenvalue weighted by Gasteiger charge is 2.26. The van der Waals surface area contributed by atoms with Crippen LogP contribution in [0.5, 0.6) is 5.75 Å². The molecular weight excluding hydrogens is 238 g/mol. The fraction of sp³-hybridized carbons (Fsp3) is 0.333. The Balaban J connectivity index is 2.04. The minimum atomic E-state index is -0.145. The lowest BCUT2D eigenvalue weighted by Gasteiger charge is -2.12. The molecule has 0 saturated carbocycles. The Labute approximate surface area is 104 Å². The molecule has 1 saturated heterocycles. The zero-order valence-corrected chi connectivity index (χ0v) is 10.3. The van der Waals surface area contributed by atoms with E-state index in [4.69, 9.17) is 4.74 Å². The van der Waals surface area contributed by atoms with Gasteiger partial charge in [0.05, 0.1) is 13.5 Å². The van der Waals surface area contributed by atoms with E-state index in [-0.39, 0.29) is 17.6 Å². The fourth-order valence-corrected chi connectivity index (χ4v) is 2.47. The number of ether oxygens (including phenoxy) is 1. The van der Waals surface area contributed by atoms with Crippen molar-refractivity contribution in [3.63, 3.8) is 0 Å². The molecule has 0 N–H and O–H groups in total. The van der Waals surface area contributed by atoms with E-state index in [1.54, 1.807) is 7.11 Å². The molecule has 90 valence electrons. The van der Waals surface area contributed by atoms with E-state index < -0.39 is 0 Å². The van der Waals surface area contributed by atoms with Gasteiger partial charge < -0.3 is 4.74 Å². The molecule has 1 aromatic rings. The Morgan fingerprint density at radius 3 is 3.00 bits per heavy atom. The van der Waals surface area contributed by atoms with E-state index >= 15 is 0 Å². The van der Waals surface area contributed by atoms with Crippen molar-refractivity contribution in [3.05, 3.63) is 29.8 Å². The molecule has 1 aliphatic rings. The summed E-state index contributed by atoms with van der Waals surface area (Å²) in [5, 5.41) is -0.141. The van der Waals surface area contributed by atoms with E-state index in [2.05, 4.69) is 0 Å². The number of rotatable bonds is 3. The lowest BCUT2D eigenvalue weighted by atomic mass is 10.1. The second kappa shape index (κ2) is 5.23. The van der Waals surface area contributed by atoms with Crippen molar-refractivity contribution in [3.8, 4) is 5.75 Å². The summed E-state index contributed by atoms with van der Waals surface area (Å²) in [4.78, 5) is 24.6. The number of hydrogen-bond donors (Lipinski definition) is 0. The maximum atomic E-state index is 11.9. The van der Waals surface area contributed by atoms with Crippen LogP contribution in [0.4, 0.5) is 4.79 Å². The molecule has 1 fully saturated rings. The van der Waals surface area contributed by atoms with Gasteiger partial charge >= 0.3 is 0 Å². The van der Waals surface area contributed by atoms with Gasteiger partial charge in [-0.1, -0.05) is 23.9 Å². The topological polar surface area (TPSA) is 46.6 Å². The fourth-order valence-electron chi connectivity index (χ4n) is 1.67. The van der Waals surface area contributed by atoms with Gasteiger partial charge in [0, 0.05) is 12.3 Å². The minimum Gasteiger partial charge on any atom is -0.497 e. The highest BCUT2D eigenvalue weighted by Crippen LogP contribution is 2.19. The maximum Gasteiger partial charge on any atom is 0.288 e. The molecule has 5 heteroatoms. The van der Waals surface area contributed by atoms with E-state index in [0.717, 1.165) is 11.3 Å². The summed E-state index contributed by atoms with van der Waals surface area (Å²) < 4.78 is 5.09. The molecule has 2 amide bonds. The van der Waals surface area contributed by atoms with E-state index in [9.17, 15) is 9.59 Å². The molecule has 1 heterocycles. The molecular formula is C12H13NO3S. The van der Waals surface area contributed by atoms with Gasteiger partial charge in [0.15, 0.2) is 0 Å². The Hall–Kier alpha value is -1.49. The molecule has 0 bridgehead atoms. The minimum absolute atomic E-state index is 0.141. The normalized spacial score (nSPS) is 15.1. The third kappa shape index (κ3) is 2.79. The molecule has 1 aliphatic heterocycles. The first-order valence-electron chi connectivity index (χ1n) is 5.31. The van der Waals surface area contributed by atoms with Crippen LogP contribution in [0.25, 0.3) is 0 Å². The van der Waals surface area contributed by atoms with Gasteiger partial charge in [-0.2, -0.15) is 0 Å². The smallest absolute Gasteiger partial charge is 0.288 e. The summed E-state index contributed by atoms with van der Waals surface area (Å²) in [5.41, 5.74) is 0.860. The van der Waals surface area contributed by atoms with Crippen molar-refractivity contribution < 1.29 is 14.3 Å². The predicted octanol–water partition coefficient (Wildman–Crippen LogP) is 1.93. The Bertz CT molecular complexity index is 447. The quantitative estimate of drug-likeness (QED) is 0.823. The SMILES string of the molecule is COc1cccc(CC(=O)N2CCSC2=O)c1. The van der Waals surface area contributed by atoms with Crippen molar-refractivity contribution in [1.82, 2.24) is 4.90 Å². The number of thioether (sulfide) groups is 1. The first-order valence-corrected chi connectivity index (χ1v) is 6.29. The molecule has 0 atom stereocenters. The van der Waals surface area contributed by atoms with Gasteiger partial charge in [0.1, 0.15) is 5.75 Å². The van der Waals surface area contributed by atoms with Crippen LogP contribution >= 0.6 is 11.8 Å². The predicted molar refractivity (Wildman–Crippen MR) is 66.3 cm³/mol. The Kier molecular flexibility index (Phi) is 3.68. The highest BCUT2D eigenvalue weighted by molar-refractivity contribution is 8.13. The van der Waals surface area contributed by atoms with Crippen LogP contribution < -0.4 is 4.74 Å². The number of benzene rings is 1. The molecule has 2 rings (SSSR count). The largest absolute Gasteiger partial charge is 0.497 e. The average Bonchev–Trinajstić information content (AvgIpc) is 2.76.